The Kier molecular flexibility index (Phi) is 5.46. The Morgan fingerprint density at radius 3 is 2.74 bits per heavy atom. The third-order valence-corrected chi connectivity index (χ3v) is 6.24. The average molecular weight is 334 g/mol. The molecule has 4 nitrogen and oxygen atoms in total. The van der Waals surface area contributed by atoms with E-state index in [0.717, 1.165) is 42.2 Å². The van der Waals surface area contributed by atoms with Crippen LogP contribution in [0.15, 0.2) is 0 Å². The van der Waals surface area contributed by atoms with Gasteiger partial charge in [0.25, 0.3) is 0 Å². The molecule has 5 heteroatoms. The lowest BCUT2D eigenvalue weighted by Crippen LogP contribution is -2.27. The van der Waals surface area contributed by atoms with E-state index in [2.05, 4.69) is 17.2 Å². The van der Waals surface area contributed by atoms with Crippen molar-refractivity contribution < 1.29 is 9.59 Å². The number of unbranched alkanes of at least 4 members (excludes halogenated alkanes) is 1. The summed E-state index contributed by atoms with van der Waals surface area (Å²) < 4.78 is 0. The van der Waals surface area contributed by atoms with Gasteiger partial charge in [0.15, 0.2) is 10.9 Å². The van der Waals surface area contributed by atoms with Crippen molar-refractivity contribution in [3.8, 4) is 0 Å². The number of Topliss-reactive ketones (excluding diaryl/α,β-unsaturated/α-hetero) is 1. The average Bonchev–Trinajstić information content (AvgIpc) is 2.97. The molecule has 2 aliphatic rings. The molecule has 0 unspecified atom stereocenters. The number of rotatable bonds is 5. The molecule has 1 aromatic heterocycles. The fraction of sp³-hybridized carbons (Fsp3) is 0.722. The van der Waals surface area contributed by atoms with Crippen molar-refractivity contribution in [3.63, 3.8) is 0 Å². The smallest absolute Gasteiger partial charge is 0.229 e. The van der Waals surface area contributed by atoms with Gasteiger partial charge in [-0.2, -0.15) is 0 Å². The lowest BCUT2D eigenvalue weighted by Gasteiger charge is -2.27. The molecule has 1 amide bonds. The molecule has 0 bridgehead atoms. The number of carbonyl (C=O) groups excluding carboxylic acids is 2. The standard InChI is InChI=1S/C18H26N2O2S/c1-2-3-5-12-8-10-13(11-9-12)17(22)20-18-19-14-6-4-7-15(21)16(14)23-18/h12-13H,2-11H2,1H3,(H,19,20,22). The van der Waals surface area contributed by atoms with E-state index in [1.165, 1.54) is 43.4 Å². The first kappa shape index (κ1) is 16.6. The van der Waals surface area contributed by atoms with Crippen LogP contribution in [0, 0.1) is 11.8 Å². The van der Waals surface area contributed by atoms with E-state index >= 15 is 0 Å². The molecule has 0 spiro atoms. The fourth-order valence-corrected chi connectivity index (χ4v) is 4.72. The van der Waals surface area contributed by atoms with Gasteiger partial charge < -0.3 is 5.32 Å². The highest BCUT2D eigenvalue weighted by Crippen LogP contribution is 2.34. The van der Waals surface area contributed by atoms with Crippen molar-refractivity contribution in [2.45, 2.75) is 71.1 Å². The van der Waals surface area contributed by atoms with Crippen LogP contribution in [0.3, 0.4) is 0 Å². The number of amides is 1. The van der Waals surface area contributed by atoms with Crippen LogP contribution in [-0.4, -0.2) is 16.7 Å². The first-order chi connectivity index (χ1) is 11.2. The highest BCUT2D eigenvalue weighted by molar-refractivity contribution is 7.17. The van der Waals surface area contributed by atoms with E-state index < -0.39 is 0 Å². The SMILES string of the molecule is CCCCC1CCC(C(=O)Nc2nc3c(s2)C(=O)CCC3)CC1. The Hall–Kier alpha value is -1.23. The van der Waals surface area contributed by atoms with Crippen molar-refractivity contribution in [1.82, 2.24) is 4.98 Å². The number of aryl methyl sites for hydroxylation is 1. The monoisotopic (exact) mass is 334 g/mol. The van der Waals surface area contributed by atoms with Crippen LogP contribution < -0.4 is 5.32 Å². The molecule has 23 heavy (non-hydrogen) atoms. The number of aromatic nitrogens is 1. The molecule has 1 heterocycles. The molecule has 1 saturated carbocycles. The zero-order valence-corrected chi connectivity index (χ0v) is 14.7. The molecule has 2 aliphatic carbocycles. The molecular formula is C18H26N2O2S. The molecular weight excluding hydrogens is 308 g/mol. The summed E-state index contributed by atoms with van der Waals surface area (Å²) in [6.45, 7) is 2.23. The van der Waals surface area contributed by atoms with E-state index in [1.54, 1.807) is 0 Å². The summed E-state index contributed by atoms with van der Waals surface area (Å²) >= 11 is 1.35. The molecule has 1 N–H and O–H groups in total. The zero-order chi connectivity index (χ0) is 16.2. The number of hydrogen-bond acceptors (Lipinski definition) is 4. The van der Waals surface area contributed by atoms with Crippen molar-refractivity contribution in [2.75, 3.05) is 5.32 Å². The molecule has 126 valence electrons. The van der Waals surface area contributed by atoms with Gasteiger partial charge in [0.2, 0.25) is 5.91 Å². The van der Waals surface area contributed by atoms with Crippen molar-refractivity contribution in [2.24, 2.45) is 11.8 Å². The molecule has 1 aromatic rings. The molecule has 0 aromatic carbocycles. The van der Waals surface area contributed by atoms with E-state index in [0.29, 0.717) is 11.6 Å². The Morgan fingerprint density at radius 2 is 2.04 bits per heavy atom. The maximum atomic E-state index is 12.5. The van der Waals surface area contributed by atoms with Gasteiger partial charge in [0.1, 0.15) is 0 Å². The number of nitrogens with zero attached hydrogens (tertiary/aromatic N) is 1. The van der Waals surface area contributed by atoms with Gasteiger partial charge in [0, 0.05) is 12.3 Å². The summed E-state index contributed by atoms with van der Waals surface area (Å²) in [7, 11) is 0. The Balaban J connectivity index is 1.53. The largest absolute Gasteiger partial charge is 0.302 e. The minimum absolute atomic E-state index is 0.0949. The lowest BCUT2D eigenvalue weighted by molar-refractivity contribution is -0.121. The van der Waals surface area contributed by atoms with Crippen LogP contribution in [0.1, 0.15) is 80.1 Å². The van der Waals surface area contributed by atoms with E-state index in [1.807, 2.05) is 0 Å². The van der Waals surface area contributed by atoms with Crippen LogP contribution in [0.25, 0.3) is 0 Å². The zero-order valence-electron chi connectivity index (χ0n) is 13.9. The minimum Gasteiger partial charge on any atom is -0.302 e. The van der Waals surface area contributed by atoms with E-state index in [-0.39, 0.29) is 17.6 Å². The predicted molar refractivity (Wildman–Crippen MR) is 93.0 cm³/mol. The normalized spacial score (nSPS) is 24.3. The van der Waals surface area contributed by atoms with Crippen LogP contribution >= 0.6 is 11.3 Å². The number of thiazole rings is 1. The third kappa shape index (κ3) is 4.00. The number of fused-ring (bicyclic) bond motifs is 1. The number of carbonyl (C=O) groups is 2. The van der Waals surface area contributed by atoms with Crippen LogP contribution in [-0.2, 0) is 11.2 Å². The topological polar surface area (TPSA) is 59.1 Å². The lowest BCUT2D eigenvalue weighted by atomic mass is 9.79. The minimum atomic E-state index is 0.0949. The van der Waals surface area contributed by atoms with Gasteiger partial charge in [-0.1, -0.05) is 37.5 Å². The molecule has 1 fully saturated rings. The Bertz CT molecular complexity index is 574. The summed E-state index contributed by atoms with van der Waals surface area (Å²) in [5, 5.41) is 3.58. The first-order valence-electron chi connectivity index (χ1n) is 9.01. The summed E-state index contributed by atoms with van der Waals surface area (Å²) in [6.07, 6.45) is 10.6. The molecule has 0 aliphatic heterocycles. The van der Waals surface area contributed by atoms with Crippen molar-refractivity contribution in [3.05, 3.63) is 10.6 Å². The quantitative estimate of drug-likeness (QED) is 0.856. The highest BCUT2D eigenvalue weighted by atomic mass is 32.1. The van der Waals surface area contributed by atoms with Crippen molar-refractivity contribution >= 4 is 28.2 Å². The van der Waals surface area contributed by atoms with Crippen LogP contribution in [0.4, 0.5) is 5.13 Å². The second kappa shape index (κ2) is 7.56. The van der Waals surface area contributed by atoms with Gasteiger partial charge >= 0.3 is 0 Å². The van der Waals surface area contributed by atoms with E-state index in [4.69, 9.17) is 0 Å². The number of anilines is 1. The molecule has 0 atom stereocenters. The van der Waals surface area contributed by atoms with Crippen molar-refractivity contribution in [1.29, 1.82) is 0 Å². The predicted octanol–water partition coefficient (Wildman–Crippen LogP) is 4.60. The molecule has 0 saturated heterocycles. The van der Waals surface area contributed by atoms with E-state index in [9.17, 15) is 9.59 Å². The second-order valence-electron chi connectivity index (χ2n) is 6.92. The van der Waals surface area contributed by atoms with Gasteiger partial charge in [-0.3, -0.25) is 9.59 Å². The summed E-state index contributed by atoms with van der Waals surface area (Å²) in [5.41, 5.74) is 0.879. The summed E-state index contributed by atoms with van der Waals surface area (Å²) in [4.78, 5) is 29.5. The van der Waals surface area contributed by atoms with Crippen LogP contribution in [0.2, 0.25) is 0 Å². The Morgan fingerprint density at radius 1 is 1.26 bits per heavy atom. The van der Waals surface area contributed by atoms with Crippen LogP contribution in [0.5, 0.6) is 0 Å². The van der Waals surface area contributed by atoms with Gasteiger partial charge in [-0.25, -0.2) is 4.98 Å². The maximum absolute atomic E-state index is 12.5. The number of nitrogens with one attached hydrogen (secondary N) is 1. The number of ketones is 1. The first-order valence-corrected chi connectivity index (χ1v) is 9.82. The highest BCUT2D eigenvalue weighted by Gasteiger charge is 2.28. The van der Waals surface area contributed by atoms with Gasteiger partial charge in [-0.05, 0) is 44.4 Å². The summed E-state index contributed by atoms with van der Waals surface area (Å²) in [5.74, 6) is 1.20. The summed E-state index contributed by atoms with van der Waals surface area (Å²) in [6, 6.07) is 0. The Labute approximate surface area is 142 Å². The van der Waals surface area contributed by atoms with Gasteiger partial charge in [0.05, 0.1) is 10.6 Å². The number of hydrogen-bond donors (Lipinski definition) is 1. The fourth-order valence-electron chi connectivity index (χ4n) is 3.74. The third-order valence-electron chi connectivity index (χ3n) is 5.18. The second-order valence-corrected chi connectivity index (χ2v) is 7.92. The van der Waals surface area contributed by atoms with Gasteiger partial charge in [-0.15, -0.1) is 0 Å². The molecule has 3 rings (SSSR count). The maximum Gasteiger partial charge on any atom is 0.229 e. The molecule has 0 radical (unpaired) electrons.